The smallest absolute Gasteiger partial charge is 0.255 e. The van der Waals surface area contributed by atoms with Crippen LogP contribution in [0.1, 0.15) is 5.69 Å². The number of hydrogen-bond acceptors (Lipinski definition) is 4. The van der Waals surface area contributed by atoms with E-state index in [2.05, 4.69) is 9.97 Å². The molecule has 0 aromatic carbocycles. The standard InChI is InChI=1S/C11H12N4O2/c12-11(16)7-17-10-2-1-3-14-9(10)6-15-5-4-13-8-15/h1-5,8H,6-7H2,(H2,12,16). The van der Waals surface area contributed by atoms with Crippen molar-refractivity contribution in [3.63, 3.8) is 0 Å². The van der Waals surface area contributed by atoms with Crippen molar-refractivity contribution >= 4 is 5.91 Å². The van der Waals surface area contributed by atoms with Crippen LogP contribution in [0.15, 0.2) is 37.1 Å². The summed E-state index contributed by atoms with van der Waals surface area (Å²) in [5.41, 5.74) is 5.76. The summed E-state index contributed by atoms with van der Waals surface area (Å²) in [4.78, 5) is 18.8. The van der Waals surface area contributed by atoms with Gasteiger partial charge in [-0.2, -0.15) is 0 Å². The fraction of sp³-hybridized carbons (Fsp3) is 0.182. The Morgan fingerprint density at radius 2 is 2.35 bits per heavy atom. The number of pyridine rings is 1. The molecule has 0 fully saturated rings. The monoisotopic (exact) mass is 232 g/mol. The van der Waals surface area contributed by atoms with E-state index in [-0.39, 0.29) is 6.61 Å². The first-order chi connectivity index (χ1) is 8.25. The predicted molar refractivity (Wildman–Crippen MR) is 60.3 cm³/mol. The Hall–Kier alpha value is -2.37. The third kappa shape index (κ3) is 3.04. The highest BCUT2D eigenvalue weighted by Gasteiger charge is 2.06. The second-order valence-corrected chi connectivity index (χ2v) is 3.44. The third-order valence-electron chi connectivity index (χ3n) is 2.11. The molecule has 0 aliphatic heterocycles. The topological polar surface area (TPSA) is 83.0 Å². The van der Waals surface area contributed by atoms with Crippen molar-refractivity contribution in [1.82, 2.24) is 14.5 Å². The summed E-state index contributed by atoms with van der Waals surface area (Å²) in [6, 6.07) is 3.50. The first-order valence-electron chi connectivity index (χ1n) is 5.06. The molecule has 2 rings (SSSR count). The summed E-state index contributed by atoms with van der Waals surface area (Å²) in [7, 11) is 0. The molecule has 1 amide bonds. The lowest BCUT2D eigenvalue weighted by molar-refractivity contribution is -0.119. The maximum absolute atomic E-state index is 10.7. The molecule has 6 heteroatoms. The highest BCUT2D eigenvalue weighted by Crippen LogP contribution is 2.16. The van der Waals surface area contributed by atoms with E-state index < -0.39 is 5.91 Å². The Morgan fingerprint density at radius 1 is 1.47 bits per heavy atom. The van der Waals surface area contributed by atoms with Gasteiger partial charge in [0.1, 0.15) is 11.4 Å². The molecule has 2 aromatic heterocycles. The third-order valence-corrected chi connectivity index (χ3v) is 2.11. The summed E-state index contributed by atoms with van der Waals surface area (Å²) in [5.74, 6) is 0.0439. The minimum absolute atomic E-state index is 0.150. The molecule has 0 bridgehead atoms. The molecule has 2 N–H and O–H groups in total. The number of imidazole rings is 1. The zero-order valence-corrected chi connectivity index (χ0v) is 9.11. The van der Waals surface area contributed by atoms with Crippen molar-refractivity contribution in [3.8, 4) is 5.75 Å². The minimum Gasteiger partial charge on any atom is -0.482 e. The number of nitrogens with zero attached hydrogens (tertiary/aromatic N) is 3. The molecule has 0 saturated carbocycles. The van der Waals surface area contributed by atoms with Crippen LogP contribution in [0.3, 0.4) is 0 Å². The first-order valence-corrected chi connectivity index (χ1v) is 5.06. The zero-order chi connectivity index (χ0) is 12.1. The van der Waals surface area contributed by atoms with E-state index in [1.807, 2.05) is 10.8 Å². The van der Waals surface area contributed by atoms with E-state index in [1.54, 1.807) is 30.9 Å². The van der Waals surface area contributed by atoms with Crippen LogP contribution in [-0.4, -0.2) is 27.0 Å². The van der Waals surface area contributed by atoms with Gasteiger partial charge in [0.05, 0.1) is 12.9 Å². The van der Waals surface area contributed by atoms with E-state index in [4.69, 9.17) is 10.5 Å². The number of aromatic nitrogens is 3. The van der Waals surface area contributed by atoms with Gasteiger partial charge in [0.25, 0.3) is 5.91 Å². The van der Waals surface area contributed by atoms with E-state index in [0.717, 1.165) is 5.69 Å². The number of carbonyl (C=O) groups is 1. The minimum atomic E-state index is -0.512. The van der Waals surface area contributed by atoms with Gasteiger partial charge in [0.15, 0.2) is 6.61 Å². The maximum Gasteiger partial charge on any atom is 0.255 e. The molecule has 0 atom stereocenters. The lowest BCUT2D eigenvalue weighted by Crippen LogP contribution is -2.20. The SMILES string of the molecule is NC(=O)COc1cccnc1Cn1ccnc1. The van der Waals surface area contributed by atoms with Crippen LogP contribution in [-0.2, 0) is 11.3 Å². The van der Waals surface area contributed by atoms with Gasteiger partial charge in [-0.05, 0) is 12.1 Å². The second-order valence-electron chi connectivity index (χ2n) is 3.44. The Balaban J connectivity index is 2.13. The number of primary amides is 1. The molecule has 2 aromatic rings. The van der Waals surface area contributed by atoms with Crippen LogP contribution in [0.2, 0.25) is 0 Å². The molecule has 17 heavy (non-hydrogen) atoms. The fourth-order valence-corrected chi connectivity index (χ4v) is 1.38. The number of rotatable bonds is 5. The molecule has 2 heterocycles. The van der Waals surface area contributed by atoms with Crippen molar-refractivity contribution in [3.05, 3.63) is 42.7 Å². The fourth-order valence-electron chi connectivity index (χ4n) is 1.38. The van der Waals surface area contributed by atoms with Crippen molar-refractivity contribution in [2.24, 2.45) is 5.73 Å². The number of amides is 1. The first kappa shape index (κ1) is 11.1. The molecular formula is C11H12N4O2. The number of carbonyl (C=O) groups excluding carboxylic acids is 1. The molecule has 0 saturated heterocycles. The Morgan fingerprint density at radius 3 is 3.06 bits per heavy atom. The predicted octanol–water partition coefficient (Wildman–Crippen LogP) is 0.190. The molecule has 0 spiro atoms. The Kier molecular flexibility index (Phi) is 3.34. The van der Waals surface area contributed by atoms with Crippen LogP contribution in [0.5, 0.6) is 5.75 Å². The van der Waals surface area contributed by atoms with Gasteiger partial charge in [-0.25, -0.2) is 4.98 Å². The van der Waals surface area contributed by atoms with Crippen LogP contribution >= 0.6 is 0 Å². The molecular weight excluding hydrogens is 220 g/mol. The van der Waals surface area contributed by atoms with Crippen LogP contribution in [0, 0.1) is 0 Å². The van der Waals surface area contributed by atoms with Crippen LogP contribution < -0.4 is 10.5 Å². The molecule has 0 aliphatic carbocycles. The highest BCUT2D eigenvalue weighted by atomic mass is 16.5. The quantitative estimate of drug-likeness (QED) is 0.797. The van der Waals surface area contributed by atoms with E-state index in [1.165, 1.54) is 0 Å². The van der Waals surface area contributed by atoms with Crippen molar-refractivity contribution < 1.29 is 9.53 Å². The zero-order valence-electron chi connectivity index (χ0n) is 9.11. The number of ether oxygens (including phenoxy) is 1. The molecule has 0 aliphatic rings. The van der Waals surface area contributed by atoms with Crippen LogP contribution in [0.25, 0.3) is 0 Å². The summed E-state index contributed by atoms with van der Waals surface area (Å²) in [6.07, 6.45) is 6.87. The summed E-state index contributed by atoms with van der Waals surface area (Å²) in [6.45, 7) is 0.386. The van der Waals surface area contributed by atoms with Crippen molar-refractivity contribution in [2.45, 2.75) is 6.54 Å². The second kappa shape index (κ2) is 5.11. The molecule has 6 nitrogen and oxygen atoms in total. The van der Waals surface area contributed by atoms with E-state index in [0.29, 0.717) is 12.3 Å². The molecule has 0 unspecified atom stereocenters. The van der Waals surface area contributed by atoms with Gasteiger partial charge in [-0.3, -0.25) is 9.78 Å². The number of nitrogens with two attached hydrogens (primary N) is 1. The lowest BCUT2D eigenvalue weighted by Gasteiger charge is -2.09. The summed E-state index contributed by atoms with van der Waals surface area (Å²) >= 11 is 0. The van der Waals surface area contributed by atoms with Crippen molar-refractivity contribution in [1.29, 1.82) is 0 Å². The van der Waals surface area contributed by atoms with Gasteiger partial charge >= 0.3 is 0 Å². The summed E-state index contributed by atoms with van der Waals surface area (Å²) < 4.78 is 7.14. The molecule has 88 valence electrons. The average molecular weight is 232 g/mol. The van der Waals surface area contributed by atoms with E-state index >= 15 is 0 Å². The normalized spacial score (nSPS) is 10.1. The summed E-state index contributed by atoms with van der Waals surface area (Å²) in [5, 5.41) is 0. The van der Waals surface area contributed by atoms with Gasteiger partial charge < -0.3 is 15.0 Å². The Labute approximate surface area is 98.1 Å². The van der Waals surface area contributed by atoms with Gasteiger partial charge in [0, 0.05) is 18.6 Å². The largest absolute Gasteiger partial charge is 0.482 e. The van der Waals surface area contributed by atoms with Crippen molar-refractivity contribution in [2.75, 3.05) is 6.61 Å². The van der Waals surface area contributed by atoms with Gasteiger partial charge in [0.2, 0.25) is 0 Å². The maximum atomic E-state index is 10.7. The highest BCUT2D eigenvalue weighted by molar-refractivity contribution is 5.75. The Bertz CT molecular complexity index is 496. The van der Waals surface area contributed by atoms with E-state index in [9.17, 15) is 4.79 Å². The average Bonchev–Trinajstić information content (AvgIpc) is 2.80. The lowest BCUT2D eigenvalue weighted by atomic mass is 10.3. The molecule has 0 radical (unpaired) electrons. The van der Waals surface area contributed by atoms with Crippen LogP contribution in [0.4, 0.5) is 0 Å². The van der Waals surface area contributed by atoms with Gasteiger partial charge in [-0.15, -0.1) is 0 Å². The number of hydrogen-bond donors (Lipinski definition) is 1. The van der Waals surface area contributed by atoms with Gasteiger partial charge in [-0.1, -0.05) is 0 Å².